The van der Waals surface area contributed by atoms with E-state index in [1.807, 2.05) is 13.8 Å². The van der Waals surface area contributed by atoms with E-state index in [-0.39, 0.29) is 5.91 Å². The Morgan fingerprint density at radius 1 is 1.38 bits per heavy atom. The van der Waals surface area contributed by atoms with E-state index in [1.54, 1.807) is 6.92 Å². The molecule has 4 heteroatoms. The summed E-state index contributed by atoms with van der Waals surface area (Å²) in [5.41, 5.74) is 0. The molecule has 1 atom stereocenters. The Morgan fingerprint density at radius 2 is 2.00 bits per heavy atom. The molecule has 13 heavy (non-hydrogen) atoms. The maximum absolute atomic E-state index is 11.1. The van der Waals surface area contributed by atoms with Crippen LogP contribution in [-0.4, -0.2) is 36.2 Å². The highest BCUT2D eigenvalue weighted by atomic mass is 16.3. The van der Waals surface area contributed by atoms with Crippen molar-refractivity contribution in [1.82, 2.24) is 10.6 Å². The molecular weight excluding hydrogens is 168 g/mol. The smallest absolute Gasteiger partial charge is 0.221 e. The topological polar surface area (TPSA) is 61.4 Å². The van der Waals surface area contributed by atoms with Crippen molar-refractivity contribution in [3.05, 3.63) is 0 Å². The molecule has 0 fully saturated rings. The van der Waals surface area contributed by atoms with Crippen LogP contribution in [0.3, 0.4) is 0 Å². The fourth-order valence-electron chi connectivity index (χ4n) is 0.824. The SMILES string of the molecule is CC(C)NCCC(=O)NC[C@@H](C)O. The molecule has 0 saturated carbocycles. The number of hydrogen-bond donors (Lipinski definition) is 3. The van der Waals surface area contributed by atoms with Gasteiger partial charge >= 0.3 is 0 Å². The third-order valence-electron chi connectivity index (χ3n) is 1.50. The number of hydrogen-bond acceptors (Lipinski definition) is 3. The monoisotopic (exact) mass is 188 g/mol. The summed E-state index contributed by atoms with van der Waals surface area (Å²) in [6, 6.07) is 0.407. The van der Waals surface area contributed by atoms with Gasteiger partial charge in [0.25, 0.3) is 0 Å². The van der Waals surface area contributed by atoms with E-state index in [0.29, 0.717) is 25.6 Å². The van der Waals surface area contributed by atoms with E-state index in [9.17, 15) is 4.79 Å². The molecule has 0 aromatic carbocycles. The number of aliphatic hydroxyl groups is 1. The minimum absolute atomic E-state index is 0.0194. The van der Waals surface area contributed by atoms with Gasteiger partial charge in [0.1, 0.15) is 0 Å². The summed E-state index contributed by atoms with van der Waals surface area (Å²) < 4.78 is 0. The van der Waals surface area contributed by atoms with Crippen molar-refractivity contribution < 1.29 is 9.90 Å². The Kier molecular flexibility index (Phi) is 6.54. The molecule has 0 aliphatic rings. The van der Waals surface area contributed by atoms with Crippen LogP contribution in [0.5, 0.6) is 0 Å². The number of carbonyl (C=O) groups is 1. The quantitative estimate of drug-likeness (QED) is 0.544. The van der Waals surface area contributed by atoms with Gasteiger partial charge in [-0.05, 0) is 6.92 Å². The molecule has 0 radical (unpaired) electrons. The second kappa shape index (κ2) is 6.86. The Labute approximate surface area is 79.7 Å². The summed E-state index contributed by atoms with van der Waals surface area (Å²) in [5.74, 6) is -0.0194. The van der Waals surface area contributed by atoms with Gasteiger partial charge < -0.3 is 15.7 Å². The van der Waals surface area contributed by atoms with Crippen LogP contribution in [0.4, 0.5) is 0 Å². The van der Waals surface area contributed by atoms with Gasteiger partial charge in [0, 0.05) is 25.6 Å². The molecule has 1 amide bonds. The van der Waals surface area contributed by atoms with E-state index >= 15 is 0 Å². The van der Waals surface area contributed by atoms with Gasteiger partial charge in [-0.1, -0.05) is 13.8 Å². The van der Waals surface area contributed by atoms with Crippen LogP contribution in [0.15, 0.2) is 0 Å². The average Bonchev–Trinajstić information content (AvgIpc) is 2.00. The van der Waals surface area contributed by atoms with Crippen molar-refractivity contribution in [2.75, 3.05) is 13.1 Å². The van der Waals surface area contributed by atoms with Gasteiger partial charge in [-0.3, -0.25) is 4.79 Å². The van der Waals surface area contributed by atoms with Crippen LogP contribution in [0.2, 0.25) is 0 Å². The molecular formula is C9H20N2O2. The Morgan fingerprint density at radius 3 is 2.46 bits per heavy atom. The van der Waals surface area contributed by atoms with E-state index in [4.69, 9.17) is 5.11 Å². The normalized spacial score (nSPS) is 13.0. The Balaban J connectivity index is 3.30. The summed E-state index contributed by atoms with van der Waals surface area (Å²) in [5, 5.41) is 14.7. The molecule has 0 spiro atoms. The van der Waals surface area contributed by atoms with Gasteiger partial charge in [-0.25, -0.2) is 0 Å². The molecule has 0 aliphatic carbocycles. The van der Waals surface area contributed by atoms with Crippen molar-refractivity contribution in [1.29, 1.82) is 0 Å². The maximum Gasteiger partial charge on any atom is 0.221 e. The van der Waals surface area contributed by atoms with Crippen LogP contribution in [0.1, 0.15) is 27.2 Å². The highest BCUT2D eigenvalue weighted by Gasteiger charge is 2.02. The molecule has 0 unspecified atom stereocenters. The zero-order chi connectivity index (χ0) is 10.3. The summed E-state index contributed by atoms with van der Waals surface area (Å²) in [7, 11) is 0. The van der Waals surface area contributed by atoms with Crippen molar-refractivity contribution in [2.45, 2.75) is 39.3 Å². The number of nitrogens with one attached hydrogen (secondary N) is 2. The summed E-state index contributed by atoms with van der Waals surface area (Å²) >= 11 is 0. The van der Waals surface area contributed by atoms with Crippen LogP contribution in [0.25, 0.3) is 0 Å². The number of carbonyl (C=O) groups excluding carboxylic acids is 1. The fourth-order valence-corrected chi connectivity index (χ4v) is 0.824. The highest BCUT2D eigenvalue weighted by molar-refractivity contribution is 5.76. The molecule has 0 heterocycles. The predicted molar refractivity (Wildman–Crippen MR) is 52.4 cm³/mol. The molecule has 3 N–H and O–H groups in total. The summed E-state index contributed by atoms with van der Waals surface area (Å²) in [6.07, 6.45) is -0.00717. The van der Waals surface area contributed by atoms with Crippen molar-refractivity contribution in [3.8, 4) is 0 Å². The molecule has 0 rings (SSSR count). The minimum Gasteiger partial charge on any atom is -0.392 e. The molecule has 0 aliphatic heterocycles. The van der Waals surface area contributed by atoms with Crippen molar-refractivity contribution in [3.63, 3.8) is 0 Å². The predicted octanol–water partition coefficient (Wildman–Crippen LogP) is -0.128. The van der Waals surface area contributed by atoms with Crippen molar-refractivity contribution >= 4 is 5.91 Å². The lowest BCUT2D eigenvalue weighted by Crippen LogP contribution is -2.34. The molecule has 0 aromatic heterocycles. The first kappa shape index (κ1) is 12.4. The fraction of sp³-hybridized carbons (Fsp3) is 0.889. The van der Waals surface area contributed by atoms with Gasteiger partial charge in [0.05, 0.1) is 6.10 Å². The third-order valence-corrected chi connectivity index (χ3v) is 1.50. The van der Waals surface area contributed by atoms with Crippen LogP contribution < -0.4 is 10.6 Å². The van der Waals surface area contributed by atoms with Crippen LogP contribution in [0, 0.1) is 0 Å². The second-order valence-corrected chi connectivity index (χ2v) is 3.51. The van der Waals surface area contributed by atoms with E-state index < -0.39 is 6.10 Å². The largest absolute Gasteiger partial charge is 0.392 e. The molecule has 4 nitrogen and oxygen atoms in total. The molecule has 0 bridgehead atoms. The number of aliphatic hydroxyl groups excluding tert-OH is 1. The third kappa shape index (κ3) is 9.30. The molecule has 0 saturated heterocycles. The molecule has 78 valence electrons. The lowest BCUT2D eigenvalue weighted by atomic mass is 10.3. The van der Waals surface area contributed by atoms with Gasteiger partial charge in [0.15, 0.2) is 0 Å². The maximum atomic E-state index is 11.1. The average molecular weight is 188 g/mol. The standard InChI is InChI=1S/C9H20N2O2/c1-7(2)10-5-4-9(13)11-6-8(3)12/h7-8,10,12H,4-6H2,1-3H3,(H,11,13)/t8-/m1/s1. The van der Waals surface area contributed by atoms with E-state index in [2.05, 4.69) is 10.6 Å². The second-order valence-electron chi connectivity index (χ2n) is 3.51. The van der Waals surface area contributed by atoms with Crippen molar-refractivity contribution in [2.24, 2.45) is 0 Å². The van der Waals surface area contributed by atoms with E-state index in [0.717, 1.165) is 0 Å². The van der Waals surface area contributed by atoms with Crippen LogP contribution >= 0.6 is 0 Å². The lowest BCUT2D eigenvalue weighted by molar-refractivity contribution is -0.121. The van der Waals surface area contributed by atoms with Gasteiger partial charge in [-0.15, -0.1) is 0 Å². The zero-order valence-electron chi connectivity index (χ0n) is 8.63. The molecule has 0 aromatic rings. The first-order valence-corrected chi connectivity index (χ1v) is 4.70. The van der Waals surface area contributed by atoms with Gasteiger partial charge in [0.2, 0.25) is 5.91 Å². The van der Waals surface area contributed by atoms with Gasteiger partial charge in [-0.2, -0.15) is 0 Å². The lowest BCUT2D eigenvalue weighted by Gasteiger charge is -2.09. The Bertz CT molecular complexity index is 147. The summed E-state index contributed by atoms with van der Waals surface area (Å²) in [6.45, 7) is 6.73. The van der Waals surface area contributed by atoms with E-state index in [1.165, 1.54) is 0 Å². The summed E-state index contributed by atoms with van der Waals surface area (Å²) in [4.78, 5) is 11.1. The first-order valence-electron chi connectivity index (χ1n) is 4.70. The number of amides is 1. The number of rotatable bonds is 6. The Hall–Kier alpha value is -0.610. The van der Waals surface area contributed by atoms with Crippen LogP contribution in [-0.2, 0) is 4.79 Å². The first-order chi connectivity index (χ1) is 6.02. The highest BCUT2D eigenvalue weighted by Crippen LogP contribution is 1.82. The minimum atomic E-state index is -0.470. The zero-order valence-corrected chi connectivity index (χ0v) is 8.63.